The first-order valence-corrected chi connectivity index (χ1v) is 5.46. The van der Waals surface area contributed by atoms with Crippen molar-refractivity contribution in [3.8, 4) is 23.6 Å². The number of aromatic carboxylic acids is 1. The van der Waals surface area contributed by atoms with E-state index in [1.807, 2.05) is 6.07 Å². The van der Waals surface area contributed by atoms with Crippen LogP contribution in [0.4, 0.5) is 0 Å². The standard InChI is InChI=1S/C13H9N3O4/c1-19-9-2-3-10(12(17)18)11(6-9)20-13-15-5-4-8(7-14)16-13/h2-6H,1H3,(H,17,18). The number of carboxylic acids is 1. The molecule has 7 nitrogen and oxygen atoms in total. The smallest absolute Gasteiger partial charge is 0.339 e. The average molecular weight is 271 g/mol. The van der Waals surface area contributed by atoms with Crippen LogP contribution in [0, 0.1) is 11.3 Å². The van der Waals surface area contributed by atoms with Gasteiger partial charge in [-0.1, -0.05) is 0 Å². The molecule has 2 aromatic rings. The summed E-state index contributed by atoms with van der Waals surface area (Å²) in [5.74, 6) is -0.688. The van der Waals surface area contributed by atoms with Gasteiger partial charge in [0, 0.05) is 12.3 Å². The number of aromatic nitrogens is 2. The second kappa shape index (κ2) is 5.67. The molecule has 0 unspecified atom stereocenters. The van der Waals surface area contributed by atoms with E-state index in [0.29, 0.717) is 5.75 Å². The molecular formula is C13H9N3O4. The minimum atomic E-state index is -1.15. The van der Waals surface area contributed by atoms with Crippen molar-refractivity contribution in [1.29, 1.82) is 5.26 Å². The van der Waals surface area contributed by atoms with E-state index in [4.69, 9.17) is 19.8 Å². The summed E-state index contributed by atoms with van der Waals surface area (Å²) < 4.78 is 10.3. The van der Waals surface area contributed by atoms with Crippen LogP contribution in [0.2, 0.25) is 0 Å². The summed E-state index contributed by atoms with van der Waals surface area (Å²) in [6.07, 6.45) is 1.35. The van der Waals surface area contributed by atoms with Gasteiger partial charge >= 0.3 is 12.0 Å². The van der Waals surface area contributed by atoms with Gasteiger partial charge in [0.15, 0.2) is 0 Å². The molecule has 0 bridgehead atoms. The fourth-order valence-electron chi connectivity index (χ4n) is 1.44. The van der Waals surface area contributed by atoms with Crippen LogP contribution >= 0.6 is 0 Å². The fraction of sp³-hybridized carbons (Fsp3) is 0.0769. The van der Waals surface area contributed by atoms with Gasteiger partial charge in [-0.3, -0.25) is 0 Å². The maximum Gasteiger partial charge on any atom is 0.339 e. The van der Waals surface area contributed by atoms with E-state index in [1.54, 1.807) is 0 Å². The summed E-state index contributed by atoms with van der Waals surface area (Å²) in [6.45, 7) is 0. The lowest BCUT2D eigenvalue weighted by Gasteiger charge is -2.08. The number of rotatable bonds is 4. The van der Waals surface area contributed by atoms with Crippen molar-refractivity contribution < 1.29 is 19.4 Å². The number of ether oxygens (including phenoxy) is 2. The molecule has 0 saturated heterocycles. The Hall–Kier alpha value is -3.14. The van der Waals surface area contributed by atoms with E-state index in [2.05, 4.69) is 9.97 Å². The fourth-order valence-corrected chi connectivity index (χ4v) is 1.44. The topological polar surface area (TPSA) is 105 Å². The highest BCUT2D eigenvalue weighted by atomic mass is 16.5. The molecule has 1 N–H and O–H groups in total. The molecule has 1 aromatic carbocycles. The Morgan fingerprint density at radius 2 is 2.20 bits per heavy atom. The van der Waals surface area contributed by atoms with E-state index in [9.17, 15) is 4.79 Å². The number of nitrogens with zero attached hydrogens (tertiary/aromatic N) is 3. The molecule has 20 heavy (non-hydrogen) atoms. The summed E-state index contributed by atoms with van der Waals surface area (Å²) in [7, 11) is 1.45. The summed E-state index contributed by atoms with van der Waals surface area (Å²) in [6, 6.07) is 7.41. The second-order valence-corrected chi connectivity index (χ2v) is 3.61. The molecule has 1 aromatic heterocycles. The Morgan fingerprint density at radius 1 is 1.40 bits per heavy atom. The Kier molecular flexibility index (Phi) is 3.77. The molecular weight excluding hydrogens is 262 g/mol. The third kappa shape index (κ3) is 2.81. The number of benzene rings is 1. The SMILES string of the molecule is COc1ccc(C(=O)O)c(Oc2nccc(C#N)n2)c1. The molecule has 0 aliphatic rings. The zero-order chi connectivity index (χ0) is 14.5. The van der Waals surface area contributed by atoms with Gasteiger partial charge in [0.25, 0.3) is 0 Å². The minimum Gasteiger partial charge on any atom is -0.497 e. The molecule has 0 saturated carbocycles. The van der Waals surface area contributed by atoms with Crippen molar-refractivity contribution in [3.63, 3.8) is 0 Å². The molecule has 2 rings (SSSR count). The normalized spacial score (nSPS) is 9.60. The van der Waals surface area contributed by atoms with Crippen LogP contribution in [0.5, 0.6) is 17.5 Å². The number of hydrogen-bond acceptors (Lipinski definition) is 6. The Balaban J connectivity index is 2.40. The lowest BCUT2D eigenvalue weighted by atomic mass is 10.2. The van der Waals surface area contributed by atoms with Gasteiger partial charge in [-0.05, 0) is 18.2 Å². The van der Waals surface area contributed by atoms with Crippen LogP contribution in [0.1, 0.15) is 16.1 Å². The average Bonchev–Trinajstić information content (AvgIpc) is 2.47. The van der Waals surface area contributed by atoms with Crippen molar-refractivity contribution in [2.45, 2.75) is 0 Å². The molecule has 0 fully saturated rings. The summed E-state index contributed by atoms with van der Waals surface area (Å²) >= 11 is 0. The third-order valence-electron chi connectivity index (χ3n) is 2.37. The van der Waals surface area contributed by atoms with E-state index >= 15 is 0 Å². The van der Waals surface area contributed by atoms with Gasteiger partial charge in [0.05, 0.1) is 7.11 Å². The summed E-state index contributed by atoms with van der Waals surface area (Å²) in [5, 5.41) is 17.8. The summed E-state index contributed by atoms with van der Waals surface area (Å²) in [4.78, 5) is 18.8. The molecule has 0 aliphatic heterocycles. The number of nitriles is 1. The van der Waals surface area contributed by atoms with Gasteiger partial charge < -0.3 is 14.6 Å². The quantitative estimate of drug-likeness (QED) is 0.904. The number of methoxy groups -OCH3 is 1. The van der Waals surface area contributed by atoms with Crippen LogP contribution in [0.3, 0.4) is 0 Å². The first-order chi connectivity index (χ1) is 9.63. The van der Waals surface area contributed by atoms with Gasteiger partial charge in [-0.25, -0.2) is 9.78 Å². The summed E-state index contributed by atoms with van der Waals surface area (Å²) in [5.41, 5.74) is 0.0616. The predicted molar refractivity (Wildman–Crippen MR) is 66.8 cm³/mol. The van der Waals surface area contributed by atoms with Gasteiger partial charge in [-0.15, -0.1) is 0 Å². The van der Waals surface area contributed by atoms with Crippen LogP contribution in [-0.2, 0) is 0 Å². The van der Waals surface area contributed by atoms with Crippen molar-refractivity contribution >= 4 is 5.97 Å². The highest BCUT2D eigenvalue weighted by Gasteiger charge is 2.14. The zero-order valence-corrected chi connectivity index (χ0v) is 10.4. The molecule has 1 heterocycles. The van der Waals surface area contributed by atoms with Crippen LogP contribution in [0.15, 0.2) is 30.5 Å². The number of carbonyl (C=O) groups is 1. The highest BCUT2D eigenvalue weighted by molar-refractivity contribution is 5.91. The molecule has 100 valence electrons. The third-order valence-corrected chi connectivity index (χ3v) is 2.37. The molecule has 0 aliphatic carbocycles. The van der Waals surface area contributed by atoms with E-state index in [0.717, 1.165) is 0 Å². The van der Waals surface area contributed by atoms with Gasteiger partial charge in [-0.2, -0.15) is 10.2 Å². The first kappa shape index (κ1) is 13.3. The Bertz CT molecular complexity index is 694. The second-order valence-electron chi connectivity index (χ2n) is 3.61. The number of hydrogen-bond donors (Lipinski definition) is 1. The van der Waals surface area contributed by atoms with Gasteiger partial charge in [0.1, 0.15) is 28.8 Å². The van der Waals surface area contributed by atoms with Crippen molar-refractivity contribution in [3.05, 3.63) is 41.7 Å². The highest BCUT2D eigenvalue weighted by Crippen LogP contribution is 2.27. The Labute approximate surface area is 114 Å². The van der Waals surface area contributed by atoms with Crippen LogP contribution in [-0.4, -0.2) is 28.2 Å². The van der Waals surface area contributed by atoms with Crippen molar-refractivity contribution in [2.75, 3.05) is 7.11 Å². The van der Waals surface area contributed by atoms with Crippen molar-refractivity contribution in [1.82, 2.24) is 9.97 Å². The van der Waals surface area contributed by atoms with Crippen LogP contribution < -0.4 is 9.47 Å². The van der Waals surface area contributed by atoms with Crippen LogP contribution in [0.25, 0.3) is 0 Å². The Morgan fingerprint density at radius 3 is 2.85 bits per heavy atom. The maximum absolute atomic E-state index is 11.1. The van der Waals surface area contributed by atoms with E-state index in [-0.39, 0.29) is 23.0 Å². The van der Waals surface area contributed by atoms with Gasteiger partial charge in [0.2, 0.25) is 0 Å². The minimum absolute atomic E-state index is 0.0342. The first-order valence-electron chi connectivity index (χ1n) is 5.46. The molecule has 0 atom stereocenters. The van der Waals surface area contributed by atoms with E-state index in [1.165, 1.54) is 37.6 Å². The molecule has 0 spiro atoms. The molecule has 0 radical (unpaired) electrons. The lowest BCUT2D eigenvalue weighted by Crippen LogP contribution is -2.02. The number of carboxylic acid groups (broad SMARTS) is 1. The largest absolute Gasteiger partial charge is 0.497 e. The lowest BCUT2D eigenvalue weighted by molar-refractivity contribution is 0.0694. The predicted octanol–water partition coefficient (Wildman–Crippen LogP) is 1.85. The molecule has 0 amide bonds. The van der Waals surface area contributed by atoms with E-state index < -0.39 is 5.97 Å². The zero-order valence-electron chi connectivity index (χ0n) is 10.4. The maximum atomic E-state index is 11.1. The molecule has 7 heteroatoms. The monoisotopic (exact) mass is 271 g/mol. The van der Waals surface area contributed by atoms with Crippen molar-refractivity contribution in [2.24, 2.45) is 0 Å².